The SMILES string of the molecule is COc1ccc(CN2CC3(CCN(C(=O)OC(C)(C)C)CC3)OC(C)(C)C2=O)cc1. The van der Waals surface area contributed by atoms with Gasteiger partial charge in [0.2, 0.25) is 0 Å². The quantitative estimate of drug-likeness (QED) is 0.750. The first-order chi connectivity index (χ1) is 13.9. The molecule has 0 saturated carbocycles. The van der Waals surface area contributed by atoms with Crippen LogP contribution in [0.25, 0.3) is 0 Å². The molecule has 0 aliphatic carbocycles. The fraction of sp³-hybridized carbons (Fsp3) is 0.652. The number of ether oxygens (including phenoxy) is 3. The number of carbonyl (C=O) groups is 2. The molecule has 2 amide bonds. The number of amides is 2. The van der Waals surface area contributed by atoms with Crippen molar-refractivity contribution in [3.05, 3.63) is 29.8 Å². The van der Waals surface area contributed by atoms with Crippen molar-refractivity contribution >= 4 is 12.0 Å². The molecule has 3 rings (SSSR count). The van der Waals surface area contributed by atoms with Crippen LogP contribution in [0.1, 0.15) is 53.0 Å². The molecule has 0 unspecified atom stereocenters. The van der Waals surface area contributed by atoms with E-state index in [4.69, 9.17) is 14.2 Å². The van der Waals surface area contributed by atoms with Gasteiger partial charge in [-0.15, -0.1) is 0 Å². The molecular formula is C23H34N2O5. The van der Waals surface area contributed by atoms with Crippen LogP contribution in [0, 0.1) is 0 Å². The first-order valence-electron chi connectivity index (χ1n) is 10.5. The van der Waals surface area contributed by atoms with E-state index in [0.717, 1.165) is 11.3 Å². The van der Waals surface area contributed by atoms with Crippen LogP contribution < -0.4 is 4.74 Å². The molecule has 1 aromatic rings. The summed E-state index contributed by atoms with van der Waals surface area (Å²) in [6, 6.07) is 7.76. The van der Waals surface area contributed by atoms with Gasteiger partial charge in [0.25, 0.3) is 5.91 Å². The average molecular weight is 419 g/mol. The highest BCUT2D eigenvalue weighted by Gasteiger charge is 2.51. The van der Waals surface area contributed by atoms with Crippen LogP contribution in [-0.4, -0.2) is 65.3 Å². The summed E-state index contributed by atoms with van der Waals surface area (Å²) in [6.45, 7) is 11.4. The Balaban J connectivity index is 1.70. The first-order valence-corrected chi connectivity index (χ1v) is 10.5. The van der Waals surface area contributed by atoms with E-state index in [9.17, 15) is 9.59 Å². The second kappa shape index (κ2) is 8.10. The number of rotatable bonds is 3. The Morgan fingerprint density at radius 1 is 1.13 bits per heavy atom. The minimum atomic E-state index is -0.904. The van der Waals surface area contributed by atoms with Crippen molar-refractivity contribution in [1.82, 2.24) is 9.80 Å². The summed E-state index contributed by atoms with van der Waals surface area (Å²) in [5, 5.41) is 0. The van der Waals surface area contributed by atoms with Crippen molar-refractivity contribution in [1.29, 1.82) is 0 Å². The Labute approximate surface area is 179 Å². The van der Waals surface area contributed by atoms with Crippen LogP contribution in [-0.2, 0) is 20.8 Å². The Bertz CT molecular complexity index is 774. The number of nitrogens with zero attached hydrogens (tertiary/aromatic N) is 2. The molecule has 2 heterocycles. The van der Waals surface area contributed by atoms with Gasteiger partial charge in [0.05, 0.1) is 19.3 Å². The van der Waals surface area contributed by atoms with Crippen molar-refractivity contribution in [2.75, 3.05) is 26.7 Å². The molecule has 2 aliphatic rings. The minimum absolute atomic E-state index is 0.0153. The molecule has 0 radical (unpaired) electrons. The van der Waals surface area contributed by atoms with Crippen LogP contribution >= 0.6 is 0 Å². The standard InChI is InChI=1S/C23H34N2O5/c1-21(2,3)29-20(27)24-13-11-23(12-14-24)16-25(19(26)22(4,5)30-23)15-17-7-9-18(28-6)10-8-17/h7-10H,11-16H2,1-6H3. The maximum absolute atomic E-state index is 13.0. The lowest BCUT2D eigenvalue weighted by atomic mass is 9.86. The molecule has 7 heteroatoms. The zero-order chi connectivity index (χ0) is 22.2. The lowest BCUT2D eigenvalue weighted by Gasteiger charge is -2.52. The van der Waals surface area contributed by atoms with E-state index in [1.165, 1.54) is 0 Å². The van der Waals surface area contributed by atoms with Crippen molar-refractivity contribution in [2.24, 2.45) is 0 Å². The monoisotopic (exact) mass is 418 g/mol. The second-order valence-corrected chi connectivity index (χ2v) is 9.77. The van der Waals surface area contributed by atoms with Gasteiger partial charge in [0, 0.05) is 19.6 Å². The van der Waals surface area contributed by atoms with Gasteiger partial charge in [0.1, 0.15) is 17.0 Å². The maximum atomic E-state index is 13.0. The Kier molecular flexibility index (Phi) is 6.05. The largest absolute Gasteiger partial charge is 0.497 e. The number of likely N-dealkylation sites (tertiary alicyclic amines) is 1. The van der Waals surface area contributed by atoms with E-state index in [1.807, 2.05) is 63.8 Å². The third-order valence-corrected chi connectivity index (χ3v) is 5.61. The molecule has 166 valence electrons. The summed E-state index contributed by atoms with van der Waals surface area (Å²) >= 11 is 0. The Morgan fingerprint density at radius 2 is 1.73 bits per heavy atom. The smallest absolute Gasteiger partial charge is 0.410 e. The van der Waals surface area contributed by atoms with Crippen LogP contribution in [0.5, 0.6) is 5.75 Å². The molecule has 1 aromatic carbocycles. The summed E-state index contributed by atoms with van der Waals surface area (Å²) < 4.78 is 17.1. The topological polar surface area (TPSA) is 68.3 Å². The van der Waals surface area contributed by atoms with E-state index in [0.29, 0.717) is 39.0 Å². The van der Waals surface area contributed by atoms with E-state index < -0.39 is 16.8 Å². The molecule has 0 bridgehead atoms. The summed E-state index contributed by atoms with van der Waals surface area (Å²) in [4.78, 5) is 29.0. The summed E-state index contributed by atoms with van der Waals surface area (Å²) in [7, 11) is 1.64. The molecule has 1 spiro atoms. The van der Waals surface area contributed by atoms with Gasteiger partial charge >= 0.3 is 6.09 Å². The summed E-state index contributed by atoms with van der Waals surface area (Å²) in [5.41, 5.74) is -0.832. The first kappa shape index (κ1) is 22.4. The van der Waals surface area contributed by atoms with Gasteiger partial charge < -0.3 is 24.0 Å². The van der Waals surface area contributed by atoms with Crippen LogP contribution in [0.3, 0.4) is 0 Å². The second-order valence-electron chi connectivity index (χ2n) is 9.77. The van der Waals surface area contributed by atoms with E-state index in [1.54, 1.807) is 12.0 Å². The normalized spacial score (nSPS) is 20.9. The van der Waals surface area contributed by atoms with Crippen molar-refractivity contribution < 1.29 is 23.8 Å². The van der Waals surface area contributed by atoms with Gasteiger partial charge in [0.15, 0.2) is 0 Å². The predicted molar refractivity (Wildman–Crippen MR) is 113 cm³/mol. The zero-order valence-electron chi connectivity index (χ0n) is 19.0. The molecule has 0 N–H and O–H groups in total. The van der Waals surface area contributed by atoms with Gasteiger partial charge in [-0.1, -0.05) is 12.1 Å². The molecule has 2 saturated heterocycles. The van der Waals surface area contributed by atoms with Crippen LogP contribution in [0.2, 0.25) is 0 Å². The van der Waals surface area contributed by atoms with E-state index in [2.05, 4.69) is 0 Å². The molecule has 30 heavy (non-hydrogen) atoms. The third kappa shape index (κ3) is 5.06. The van der Waals surface area contributed by atoms with E-state index >= 15 is 0 Å². The maximum Gasteiger partial charge on any atom is 0.410 e. The van der Waals surface area contributed by atoms with E-state index in [-0.39, 0.29) is 12.0 Å². The summed E-state index contributed by atoms with van der Waals surface area (Å²) in [5.74, 6) is 0.775. The number of benzene rings is 1. The molecule has 7 nitrogen and oxygen atoms in total. The molecule has 0 atom stereocenters. The van der Waals surface area contributed by atoms with Crippen molar-refractivity contribution in [3.63, 3.8) is 0 Å². The highest BCUT2D eigenvalue weighted by Crippen LogP contribution is 2.38. The fourth-order valence-corrected chi connectivity index (χ4v) is 4.18. The average Bonchev–Trinajstić information content (AvgIpc) is 2.65. The van der Waals surface area contributed by atoms with Gasteiger partial charge in [-0.05, 0) is 65.2 Å². The zero-order valence-corrected chi connectivity index (χ0v) is 19.0. The van der Waals surface area contributed by atoms with Crippen molar-refractivity contribution in [2.45, 2.75) is 70.8 Å². The molecule has 2 fully saturated rings. The molecular weight excluding hydrogens is 384 g/mol. The van der Waals surface area contributed by atoms with Crippen LogP contribution in [0.15, 0.2) is 24.3 Å². The Morgan fingerprint density at radius 3 is 2.27 bits per heavy atom. The van der Waals surface area contributed by atoms with Gasteiger partial charge in [-0.2, -0.15) is 0 Å². The fourth-order valence-electron chi connectivity index (χ4n) is 4.18. The number of carbonyl (C=O) groups excluding carboxylic acids is 2. The highest BCUT2D eigenvalue weighted by molar-refractivity contribution is 5.85. The Hall–Kier alpha value is -2.28. The third-order valence-electron chi connectivity index (χ3n) is 5.61. The molecule has 2 aliphatic heterocycles. The lowest BCUT2D eigenvalue weighted by molar-refractivity contribution is -0.216. The van der Waals surface area contributed by atoms with Gasteiger partial charge in [-0.25, -0.2) is 4.79 Å². The number of piperidine rings is 1. The highest BCUT2D eigenvalue weighted by atomic mass is 16.6. The number of morpholine rings is 1. The number of methoxy groups -OCH3 is 1. The lowest BCUT2D eigenvalue weighted by Crippen LogP contribution is -2.65. The number of hydrogen-bond acceptors (Lipinski definition) is 5. The van der Waals surface area contributed by atoms with Crippen molar-refractivity contribution in [3.8, 4) is 5.75 Å². The van der Waals surface area contributed by atoms with Crippen LogP contribution in [0.4, 0.5) is 4.79 Å². The van der Waals surface area contributed by atoms with Gasteiger partial charge in [-0.3, -0.25) is 4.79 Å². The predicted octanol–water partition coefficient (Wildman–Crippen LogP) is 3.60. The summed E-state index contributed by atoms with van der Waals surface area (Å²) in [6.07, 6.45) is 1.04. The number of hydrogen-bond donors (Lipinski definition) is 0. The molecule has 0 aromatic heterocycles. The minimum Gasteiger partial charge on any atom is -0.497 e.